The predicted octanol–water partition coefficient (Wildman–Crippen LogP) is 2.57. The van der Waals surface area contributed by atoms with Crippen LogP contribution in [0.3, 0.4) is 0 Å². The summed E-state index contributed by atoms with van der Waals surface area (Å²) in [5.74, 6) is -0.119. The summed E-state index contributed by atoms with van der Waals surface area (Å²) in [5.41, 5.74) is 1.03. The average Bonchev–Trinajstić information content (AvgIpc) is 2.58. The van der Waals surface area contributed by atoms with Crippen molar-refractivity contribution in [1.29, 1.82) is 0 Å². The molecule has 0 atom stereocenters. The Labute approximate surface area is 109 Å². The Bertz CT molecular complexity index is 531. The van der Waals surface area contributed by atoms with Crippen LogP contribution in [0.5, 0.6) is 0 Å². The van der Waals surface area contributed by atoms with E-state index in [0.717, 1.165) is 4.47 Å². The molecule has 4 nitrogen and oxygen atoms in total. The van der Waals surface area contributed by atoms with Crippen LogP contribution in [-0.4, -0.2) is 20.8 Å². The van der Waals surface area contributed by atoms with Crippen LogP contribution in [0.4, 0.5) is 0 Å². The number of aromatic nitrogens is 3. The van der Waals surface area contributed by atoms with Gasteiger partial charge in [-0.15, -0.1) is 5.10 Å². The number of carbonyl (C=O) groups excluding carboxylic acids is 1. The number of hydrogen-bond acceptors (Lipinski definition) is 3. The van der Waals surface area contributed by atoms with Gasteiger partial charge in [-0.25, -0.2) is 4.68 Å². The summed E-state index contributed by atoms with van der Waals surface area (Å²) in [7, 11) is 1.68. The van der Waals surface area contributed by atoms with Gasteiger partial charge in [-0.3, -0.25) is 4.79 Å². The quantitative estimate of drug-likeness (QED) is 0.787. The molecular formula is C10H7Br2N3O. The van der Waals surface area contributed by atoms with Gasteiger partial charge < -0.3 is 0 Å². The van der Waals surface area contributed by atoms with Crippen molar-refractivity contribution in [2.45, 2.75) is 0 Å². The molecule has 0 aliphatic heterocycles. The molecule has 0 amide bonds. The number of carbonyl (C=O) groups is 1. The predicted molar refractivity (Wildman–Crippen MR) is 66.3 cm³/mol. The molecule has 0 N–H and O–H groups in total. The molecule has 0 aliphatic rings. The van der Waals surface area contributed by atoms with Crippen molar-refractivity contribution in [2.75, 3.05) is 0 Å². The molecule has 0 fully saturated rings. The molecule has 0 saturated heterocycles. The van der Waals surface area contributed by atoms with Crippen LogP contribution in [0.2, 0.25) is 0 Å². The summed E-state index contributed by atoms with van der Waals surface area (Å²) < 4.78 is 2.66. The van der Waals surface area contributed by atoms with Gasteiger partial charge in [0, 0.05) is 17.1 Å². The minimum Gasteiger partial charge on any atom is -0.287 e. The van der Waals surface area contributed by atoms with Crippen LogP contribution in [0.1, 0.15) is 16.1 Å². The number of nitrogens with zero attached hydrogens (tertiary/aromatic N) is 3. The topological polar surface area (TPSA) is 47.8 Å². The standard InChI is InChI=1S/C10H7Br2N3O/c1-15-8(10(12)13-14-15)9(16)6-4-2-3-5-7(6)11/h2-5H,1H3. The van der Waals surface area contributed by atoms with Crippen molar-refractivity contribution in [3.8, 4) is 0 Å². The van der Waals surface area contributed by atoms with E-state index in [1.54, 1.807) is 13.1 Å². The van der Waals surface area contributed by atoms with E-state index >= 15 is 0 Å². The number of benzene rings is 1. The van der Waals surface area contributed by atoms with Gasteiger partial charge in [-0.1, -0.05) is 33.3 Å². The Balaban J connectivity index is 2.52. The Morgan fingerprint density at radius 1 is 1.31 bits per heavy atom. The Kier molecular flexibility index (Phi) is 3.20. The third-order valence-electron chi connectivity index (χ3n) is 2.12. The van der Waals surface area contributed by atoms with Gasteiger partial charge in [0.2, 0.25) is 5.78 Å². The molecule has 1 aromatic heterocycles. The first-order valence-electron chi connectivity index (χ1n) is 4.45. The molecule has 2 aromatic rings. The maximum Gasteiger partial charge on any atom is 0.215 e. The second-order valence-corrected chi connectivity index (χ2v) is 4.77. The normalized spacial score (nSPS) is 10.4. The van der Waals surface area contributed by atoms with Crippen molar-refractivity contribution in [3.63, 3.8) is 0 Å². The highest BCUT2D eigenvalue weighted by atomic mass is 79.9. The van der Waals surface area contributed by atoms with Gasteiger partial charge in [0.15, 0.2) is 4.60 Å². The van der Waals surface area contributed by atoms with E-state index in [-0.39, 0.29) is 5.78 Å². The lowest BCUT2D eigenvalue weighted by molar-refractivity contribution is 0.102. The average molecular weight is 345 g/mol. The third kappa shape index (κ3) is 1.94. The van der Waals surface area contributed by atoms with Crippen molar-refractivity contribution in [3.05, 3.63) is 44.6 Å². The van der Waals surface area contributed by atoms with Crippen molar-refractivity contribution >= 4 is 37.6 Å². The van der Waals surface area contributed by atoms with Gasteiger partial charge in [-0.2, -0.15) is 0 Å². The molecule has 0 aliphatic carbocycles. The smallest absolute Gasteiger partial charge is 0.215 e. The lowest BCUT2D eigenvalue weighted by Crippen LogP contribution is -2.09. The highest BCUT2D eigenvalue weighted by molar-refractivity contribution is 9.10. The van der Waals surface area contributed by atoms with Crippen molar-refractivity contribution in [1.82, 2.24) is 15.0 Å². The molecule has 0 saturated carbocycles. The summed E-state index contributed by atoms with van der Waals surface area (Å²) in [4.78, 5) is 12.2. The summed E-state index contributed by atoms with van der Waals surface area (Å²) >= 11 is 6.55. The second kappa shape index (κ2) is 4.47. The fourth-order valence-corrected chi connectivity index (χ4v) is 2.32. The van der Waals surface area contributed by atoms with Gasteiger partial charge in [0.25, 0.3) is 0 Å². The van der Waals surface area contributed by atoms with Crippen molar-refractivity contribution < 1.29 is 4.79 Å². The molecule has 6 heteroatoms. The molecular weight excluding hydrogens is 338 g/mol. The summed E-state index contributed by atoms with van der Waals surface area (Å²) in [6.07, 6.45) is 0. The van der Waals surface area contributed by atoms with Crippen LogP contribution in [0, 0.1) is 0 Å². The lowest BCUT2D eigenvalue weighted by Gasteiger charge is -2.03. The Morgan fingerprint density at radius 2 is 2.00 bits per heavy atom. The maximum atomic E-state index is 12.2. The van der Waals surface area contributed by atoms with Crippen LogP contribution in [0.25, 0.3) is 0 Å². The van der Waals surface area contributed by atoms with Crippen LogP contribution in [-0.2, 0) is 7.05 Å². The Morgan fingerprint density at radius 3 is 2.56 bits per heavy atom. The molecule has 1 heterocycles. The SMILES string of the molecule is Cn1nnc(Br)c1C(=O)c1ccccc1Br. The van der Waals surface area contributed by atoms with E-state index in [1.165, 1.54) is 4.68 Å². The van der Waals surface area contributed by atoms with Gasteiger partial charge in [0.1, 0.15) is 5.69 Å². The van der Waals surface area contributed by atoms with Crippen LogP contribution in [0.15, 0.2) is 33.3 Å². The van der Waals surface area contributed by atoms with E-state index in [1.807, 2.05) is 18.2 Å². The van der Waals surface area contributed by atoms with E-state index < -0.39 is 0 Å². The van der Waals surface area contributed by atoms with E-state index in [0.29, 0.717) is 15.9 Å². The molecule has 0 spiro atoms. The minimum absolute atomic E-state index is 0.119. The fourth-order valence-electron chi connectivity index (χ4n) is 1.35. The zero-order valence-corrected chi connectivity index (χ0v) is 11.5. The molecule has 0 radical (unpaired) electrons. The highest BCUT2D eigenvalue weighted by Crippen LogP contribution is 2.22. The summed E-state index contributed by atoms with van der Waals surface area (Å²) in [6, 6.07) is 7.25. The number of halogens is 2. The number of rotatable bonds is 2. The maximum absolute atomic E-state index is 12.2. The monoisotopic (exact) mass is 343 g/mol. The molecule has 0 bridgehead atoms. The Hall–Kier alpha value is -1.01. The molecule has 1 aromatic carbocycles. The zero-order chi connectivity index (χ0) is 11.7. The summed E-state index contributed by atoms with van der Waals surface area (Å²) in [5, 5.41) is 7.56. The zero-order valence-electron chi connectivity index (χ0n) is 8.32. The van der Waals surface area contributed by atoms with Gasteiger partial charge in [0.05, 0.1) is 0 Å². The molecule has 2 rings (SSSR count). The number of ketones is 1. The first kappa shape index (κ1) is 11.5. The summed E-state index contributed by atoms with van der Waals surface area (Å²) in [6.45, 7) is 0. The molecule has 82 valence electrons. The van der Waals surface area contributed by atoms with Gasteiger partial charge >= 0.3 is 0 Å². The minimum atomic E-state index is -0.119. The van der Waals surface area contributed by atoms with Crippen LogP contribution >= 0.6 is 31.9 Å². The molecule has 16 heavy (non-hydrogen) atoms. The van der Waals surface area contributed by atoms with E-state index in [2.05, 4.69) is 42.2 Å². The fraction of sp³-hybridized carbons (Fsp3) is 0.100. The number of hydrogen-bond donors (Lipinski definition) is 0. The van der Waals surface area contributed by atoms with Crippen molar-refractivity contribution in [2.24, 2.45) is 7.05 Å². The van der Waals surface area contributed by atoms with E-state index in [4.69, 9.17) is 0 Å². The largest absolute Gasteiger partial charge is 0.287 e. The third-order valence-corrected chi connectivity index (χ3v) is 3.34. The lowest BCUT2D eigenvalue weighted by atomic mass is 10.1. The first-order chi connectivity index (χ1) is 7.61. The molecule has 0 unspecified atom stereocenters. The van der Waals surface area contributed by atoms with Crippen LogP contribution < -0.4 is 0 Å². The van der Waals surface area contributed by atoms with E-state index in [9.17, 15) is 4.79 Å². The van der Waals surface area contributed by atoms with Gasteiger partial charge in [-0.05, 0) is 28.1 Å². The second-order valence-electron chi connectivity index (χ2n) is 3.16. The number of aryl methyl sites for hydroxylation is 1. The highest BCUT2D eigenvalue weighted by Gasteiger charge is 2.20. The first-order valence-corrected chi connectivity index (χ1v) is 6.04.